The molecule has 19 heavy (non-hydrogen) atoms. The topological polar surface area (TPSA) is 26.3 Å². The average Bonchev–Trinajstić information content (AvgIpc) is 2.90. The van der Waals surface area contributed by atoms with Crippen molar-refractivity contribution in [3.8, 4) is 0 Å². The van der Waals surface area contributed by atoms with Crippen LogP contribution >= 0.6 is 27.3 Å². The van der Waals surface area contributed by atoms with Crippen LogP contribution in [0, 0.1) is 16.7 Å². The summed E-state index contributed by atoms with van der Waals surface area (Å²) >= 11 is 4.84. The zero-order chi connectivity index (χ0) is 13.8. The Balaban J connectivity index is 1.79. The van der Waals surface area contributed by atoms with Crippen LogP contribution in [0.3, 0.4) is 0 Å². The molecule has 0 N–H and O–H groups in total. The molecule has 2 saturated carbocycles. The second-order valence-corrected chi connectivity index (χ2v) is 8.37. The van der Waals surface area contributed by atoms with Gasteiger partial charge in [-0.25, -0.2) is 4.79 Å². The number of hydrogen-bond acceptors (Lipinski definition) is 3. The van der Waals surface area contributed by atoms with Crippen molar-refractivity contribution < 1.29 is 9.53 Å². The molecule has 2 aliphatic carbocycles. The maximum atomic E-state index is 12.3. The van der Waals surface area contributed by atoms with E-state index in [1.54, 1.807) is 0 Å². The molecule has 2 bridgehead atoms. The summed E-state index contributed by atoms with van der Waals surface area (Å²) in [6.07, 6.45) is 3.55. The van der Waals surface area contributed by atoms with Gasteiger partial charge >= 0.3 is 5.97 Å². The number of carbonyl (C=O) groups is 1. The van der Waals surface area contributed by atoms with Gasteiger partial charge < -0.3 is 4.74 Å². The van der Waals surface area contributed by atoms with Crippen molar-refractivity contribution >= 4 is 33.2 Å². The molecule has 2 aliphatic rings. The molecule has 0 aromatic carbocycles. The lowest BCUT2D eigenvalue weighted by Crippen LogP contribution is -2.38. The molecule has 2 nitrogen and oxygen atoms in total. The van der Waals surface area contributed by atoms with Crippen molar-refractivity contribution in [2.24, 2.45) is 16.7 Å². The van der Waals surface area contributed by atoms with Crippen LogP contribution in [0.25, 0.3) is 0 Å². The lowest BCUT2D eigenvalue weighted by atomic mass is 9.70. The summed E-state index contributed by atoms with van der Waals surface area (Å²) in [5.41, 5.74) is 0.418. The number of carbonyl (C=O) groups excluding carboxylic acids is 1. The van der Waals surface area contributed by atoms with Crippen molar-refractivity contribution in [2.75, 3.05) is 0 Å². The molecular formula is C15H19BrO2S. The maximum absolute atomic E-state index is 12.3. The third-order valence-electron chi connectivity index (χ3n) is 5.77. The Morgan fingerprint density at radius 3 is 2.68 bits per heavy atom. The second-order valence-electron chi connectivity index (χ2n) is 6.60. The zero-order valence-electron chi connectivity index (χ0n) is 11.5. The van der Waals surface area contributed by atoms with Gasteiger partial charge in [-0.05, 0) is 58.0 Å². The monoisotopic (exact) mass is 342 g/mol. The molecule has 4 heteroatoms. The van der Waals surface area contributed by atoms with E-state index in [-0.39, 0.29) is 22.9 Å². The van der Waals surface area contributed by atoms with E-state index in [4.69, 9.17) is 4.74 Å². The van der Waals surface area contributed by atoms with Gasteiger partial charge in [0.2, 0.25) is 0 Å². The Morgan fingerprint density at radius 1 is 1.47 bits per heavy atom. The Hall–Kier alpha value is -0.350. The molecule has 1 aromatic heterocycles. The van der Waals surface area contributed by atoms with Crippen molar-refractivity contribution in [1.29, 1.82) is 0 Å². The molecule has 1 aromatic rings. The van der Waals surface area contributed by atoms with Gasteiger partial charge in [-0.3, -0.25) is 0 Å². The summed E-state index contributed by atoms with van der Waals surface area (Å²) in [6.45, 7) is 6.96. The van der Waals surface area contributed by atoms with Crippen molar-refractivity contribution in [3.05, 3.63) is 20.8 Å². The third kappa shape index (κ3) is 1.83. The predicted octanol–water partition coefficient (Wildman–Crippen LogP) is 4.88. The molecule has 0 aliphatic heterocycles. The summed E-state index contributed by atoms with van der Waals surface area (Å²) < 4.78 is 6.69. The first-order valence-corrected chi connectivity index (χ1v) is 8.47. The van der Waals surface area contributed by atoms with Gasteiger partial charge in [-0.15, -0.1) is 11.3 Å². The van der Waals surface area contributed by atoms with E-state index in [2.05, 4.69) is 36.7 Å². The second kappa shape index (κ2) is 4.32. The van der Waals surface area contributed by atoms with Gasteiger partial charge in [0, 0.05) is 9.89 Å². The number of ether oxygens (including phenoxy) is 1. The van der Waals surface area contributed by atoms with E-state index in [9.17, 15) is 4.79 Å². The first-order valence-electron chi connectivity index (χ1n) is 6.80. The molecule has 1 heterocycles. The molecule has 104 valence electrons. The minimum atomic E-state index is -0.170. The van der Waals surface area contributed by atoms with Gasteiger partial charge in [-0.2, -0.15) is 0 Å². The maximum Gasteiger partial charge on any atom is 0.349 e. The zero-order valence-corrected chi connectivity index (χ0v) is 13.9. The highest BCUT2D eigenvalue weighted by atomic mass is 79.9. The molecule has 3 rings (SSSR count). The number of thiophene rings is 1. The number of hydrogen-bond donors (Lipinski definition) is 0. The molecule has 0 amide bonds. The van der Waals surface area contributed by atoms with Gasteiger partial charge in [0.1, 0.15) is 11.0 Å². The molecule has 0 spiro atoms. The molecular weight excluding hydrogens is 324 g/mol. The van der Waals surface area contributed by atoms with E-state index in [1.807, 2.05) is 11.4 Å². The van der Waals surface area contributed by atoms with Crippen LogP contribution < -0.4 is 0 Å². The fourth-order valence-electron chi connectivity index (χ4n) is 3.93. The van der Waals surface area contributed by atoms with Crippen LogP contribution in [0.5, 0.6) is 0 Å². The van der Waals surface area contributed by atoms with Crippen LogP contribution in [-0.2, 0) is 4.74 Å². The van der Waals surface area contributed by atoms with Crippen molar-refractivity contribution in [3.63, 3.8) is 0 Å². The Bertz CT molecular complexity index is 522. The number of esters is 1. The largest absolute Gasteiger partial charge is 0.458 e. The highest BCUT2D eigenvalue weighted by Gasteiger charge is 2.62. The van der Waals surface area contributed by atoms with E-state index in [0.29, 0.717) is 10.8 Å². The van der Waals surface area contributed by atoms with E-state index in [1.165, 1.54) is 24.2 Å². The van der Waals surface area contributed by atoms with Gasteiger partial charge in [0.05, 0.1) is 0 Å². The van der Waals surface area contributed by atoms with Crippen molar-refractivity contribution in [2.45, 2.75) is 46.1 Å². The first-order chi connectivity index (χ1) is 8.86. The van der Waals surface area contributed by atoms with Gasteiger partial charge in [0.25, 0.3) is 0 Å². The lowest BCUT2D eigenvalue weighted by molar-refractivity contribution is -0.0239. The Labute approximate surface area is 126 Å². The first kappa shape index (κ1) is 13.6. The normalized spacial score (nSPS) is 35.6. The summed E-state index contributed by atoms with van der Waals surface area (Å²) in [5.74, 6) is 0.526. The highest BCUT2D eigenvalue weighted by molar-refractivity contribution is 9.10. The van der Waals surface area contributed by atoms with Crippen LogP contribution in [0.1, 0.15) is 49.7 Å². The fraction of sp³-hybridized carbons (Fsp3) is 0.667. The van der Waals surface area contributed by atoms with Crippen LogP contribution in [0.2, 0.25) is 0 Å². The smallest absolute Gasteiger partial charge is 0.349 e. The lowest BCUT2D eigenvalue weighted by Gasteiger charge is -2.38. The number of fused-ring (bicyclic) bond motifs is 2. The van der Waals surface area contributed by atoms with E-state index in [0.717, 1.165) is 10.9 Å². The van der Waals surface area contributed by atoms with Crippen LogP contribution in [0.4, 0.5) is 0 Å². The van der Waals surface area contributed by atoms with Gasteiger partial charge in [0.15, 0.2) is 0 Å². The fourth-order valence-corrected chi connectivity index (χ4v) is 5.35. The molecule has 0 saturated heterocycles. The summed E-state index contributed by atoms with van der Waals surface area (Å²) in [7, 11) is 0. The molecule has 2 fully saturated rings. The third-order valence-corrected chi connectivity index (χ3v) is 7.58. The Kier molecular flexibility index (Phi) is 3.10. The Morgan fingerprint density at radius 2 is 2.21 bits per heavy atom. The molecule has 0 radical (unpaired) electrons. The number of halogens is 1. The standard InChI is InChI=1S/C15H19BrO2S/c1-14(2)9-4-6-15(14,3)11(8-9)18-13(17)12-10(16)5-7-19-12/h5,7,9,11H,4,6,8H2,1-3H3. The predicted molar refractivity (Wildman–Crippen MR) is 80.5 cm³/mol. The van der Waals surface area contributed by atoms with Crippen molar-refractivity contribution in [1.82, 2.24) is 0 Å². The van der Waals surface area contributed by atoms with E-state index >= 15 is 0 Å². The summed E-state index contributed by atoms with van der Waals surface area (Å²) in [6, 6.07) is 1.90. The highest BCUT2D eigenvalue weighted by Crippen LogP contribution is 2.66. The summed E-state index contributed by atoms with van der Waals surface area (Å²) in [4.78, 5) is 13.0. The minimum absolute atomic E-state index is 0.0720. The summed E-state index contributed by atoms with van der Waals surface area (Å²) in [5, 5.41) is 1.91. The van der Waals surface area contributed by atoms with Gasteiger partial charge in [-0.1, -0.05) is 20.8 Å². The SMILES string of the molecule is CC1(C)C2CCC1(C)C(OC(=O)c1sccc1Br)C2. The average molecular weight is 343 g/mol. The quantitative estimate of drug-likeness (QED) is 0.715. The van der Waals surface area contributed by atoms with Crippen LogP contribution in [0.15, 0.2) is 15.9 Å². The minimum Gasteiger partial charge on any atom is -0.458 e. The number of rotatable bonds is 2. The molecule has 3 unspecified atom stereocenters. The van der Waals surface area contributed by atoms with Crippen LogP contribution in [-0.4, -0.2) is 12.1 Å². The molecule has 3 atom stereocenters. The van der Waals surface area contributed by atoms with E-state index < -0.39 is 0 Å².